The number of rotatable bonds is 25. The highest BCUT2D eigenvalue weighted by Gasteiger charge is 2.25. The first kappa shape index (κ1) is 30.7. The minimum atomic E-state index is 1.21. The summed E-state index contributed by atoms with van der Waals surface area (Å²) < 4.78 is 1.32. The molecule has 0 aliphatic rings. The smallest absolute Gasteiger partial charge is 0.0998 e. The molecule has 0 atom stereocenters. The van der Waals surface area contributed by atoms with E-state index in [4.69, 9.17) is 0 Å². The molecule has 1 heteroatoms. The lowest BCUT2D eigenvalue weighted by atomic mass is 10.0. The third-order valence-electron chi connectivity index (χ3n) is 7.06. The lowest BCUT2D eigenvalue weighted by Gasteiger charge is -2.39. The summed E-state index contributed by atoms with van der Waals surface area (Å²) in [5.41, 5.74) is 1.38. The highest BCUT2D eigenvalue weighted by atomic mass is 15.3. The van der Waals surface area contributed by atoms with E-state index in [0.29, 0.717) is 0 Å². The number of unbranched alkanes of at least 4 members (excludes halogenated alkanes) is 17. The highest BCUT2D eigenvalue weighted by Crippen LogP contribution is 2.19. The molecule has 0 aromatic heterocycles. The number of hydrogen-bond acceptors (Lipinski definition) is 0. The normalized spacial score (nSPS) is 11.9. The van der Waals surface area contributed by atoms with Gasteiger partial charge < -0.3 is 4.48 Å². The van der Waals surface area contributed by atoms with Gasteiger partial charge in [-0.15, -0.1) is 0 Å². The van der Waals surface area contributed by atoms with Crippen molar-refractivity contribution in [3.05, 3.63) is 12.2 Å². The Morgan fingerprint density at radius 1 is 0.452 bits per heavy atom. The molecule has 1 nitrogen and oxygen atoms in total. The first-order chi connectivity index (χ1) is 15.1. The second-order valence-electron chi connectivity index (χ2n) is 10.6. The van der Waals surface area contributed by atoms with Gasteiger partial charge >= 0.3 is 0 Å². The van der Waals surface area contributed by atoms with Crippen LogP contribution in [-0.4, -0.2) is 30.7 Å². The van der Waals surface area contributed by atoms with Gasteiger partial charge in [0, 0.05) is 0 Å². The SMILES string of the molecule is C=C(C)C[N+](CCCC)(CCCC)CCCCCCCCCCCCCCCCCC. The first-order valence-corrected chi connectivity index (χ1v) is 14.6. The Kier molecular flexibility index (Phi) is 22.7. The molecule has 31 heavy (non-hydrogen) atoms. The van der Waals surface area contributed by atoms with E-state index in [-0.39, 0.29) is 0 Å². The van der Waals surface area contributed by atoms with Crippen LogP contribution in [0.2, 0.25) is 0 Å². The number of nitrogens with zero attached hydrogens (tertiary/aromatic N) is 1. The zero-order valence-electron chi connectivity index (χ0n) is 22.6. The molecule has 0 aromatic carbocycles. The Morgan fingerprint density at radius 3 is 1.06 bits per heavy atom. The summed E-state index contributed by atoms with van der Waals surface area (Å²) in [7, 11) is 0. The van der Waals surface area contributed by atoms with Gasteiger partial charge in [0.25, 0.3) is 0 Å². The van der Waals surface area contributed by atoms with E-state index in [1.807, 2.05) is 0 Å². The van der Waals surface area contributed by atoms with Crippen LogP contribution in [0.3, 0.4) is 0 Å². The molecule has 186 valence electrons. The van der Waals surface area contributed by atoms with Crippen molar-refractivity contribution < 1.29 is 4.48 Å². The van der Waals surface area contributed by atoms with Crippen molar-refractivity contribution >= 4 is 0 Å². The van der Waals surface area contributed by atoms with Crippen LogP contribution >= 0.6 is 0 Å². The third kappa shape index (κ3) is 20.1. The zero-order chi connectivity index (χ0) is 23.0. The molecule has 0 aromatic rings. The summed E-state index contributed by atoms with van der Waals surface area (Å²) in [5, 5.41) is 0. The zero-order valence-corrected chi connectivity index (χ0v) is 22.6. The average Bonchev–Trinajstić information content (AvgIpc) is 2.75. The molecule has 0 radical (unpaired) electrons. The van der Waals surface area contributed by atoms with Crippen LogP contribution in [-0.2, 0) is 0 Å². The molecule has 0 fully saturated rings. The van der Waals surface area contributed by atoms with Crippen molar-refractivity contribution in [3.63, 3.8) is 0 Å². The van der Waals surface area contributed by atoms with Crippen LogP contribution in [0.15, 0.2) is 12.2 Å². The molecule has 0 saturated carbocycles. The number of quaternary nitrogens is 1. The molecule has 0 bridgehead atoms. The fourth-order valence-corrected chi connectivity index (χ4v) is 5.13. The molecular formula is C30H62N+. The van der Waals surface area contributed by atoms with Crippen LogP contribution in [0.25, 0.3) is 0 Å². The molecule has 0 saturated heterocycles. The van der Waals surface area contributed by atoms with Crippen molar-refractivity contribution in [1.82, 2.24) is 0 Å². The fraction of sp³-hybridized carbons (Fsp3) is 0.933. The lowest BCUT2D eigenvalue weighted by Crippen LogP contribution is -2.51. The third-order valence-corrected chi connectivity index (χ3v) is 7.06. The topological polar surface area (TPSA) is 0 Å². The summed E-state index contributed by atoms with van der Waals surface area (Å²) in [6.07, 6.45) is 28.7. The Morgan fingerprint density at radius 2 is 0.742 bits per heavy atom. The minimum Gasteiger partial charge on any atom is -0.320 e. The predicted molar refractivity (Wildman–Crippen MR) is 144 cm³/mol. The molecule has 0 heterocycles. The van der Waals surface area contributed by atoms with E-state index in [1.54, 1.807) is 0 Å². The Labute approximate surface area is 199 Å². The summed E-state index contributed by atoms with van der Waals surface area (Å²) >= 11 is 0. The highest BCUT2D eigenvalue weighted by molar-refractivity contribution is 4.88. The van der Waals surface area contributed by atoms with Crippen LogP contribution in [0.5, 0.6) is 0 Å². The predicted octanol–water partition coefficient (Wildman–Crippen LogP) is 10.2. The maximum Gasteiger partial charge on any atom is 0.0998 e. The molecule has 0 amide bonds. The molecule has 0 aliphatic heterocycles. The quantitative estimate of drug-likeness (QED) is 0.0758. The monoisotopic (exact) mass is 436 g/mol. The lowest BCUT2D eigenvalue weighted by molar-refractivity contribution is -0.924. The van der Waals surface area contributed by atoms with E-state index in [0.717, 1.165) is 0 Å². The Hall–Kier alpha value is -0.300. The van der Waals surface area contributed by atoms with Gasteiger partial charge in [0.15, 0.2) is 0 Å². The maximum absolute atomic E-state index is 4.26. The summed E-state index contributed by atoms with van der Waals surface area (Å²) in [5.74, 6) is 0. The minimum absolute atomic E-state index is 1.21. The average molecular weight is 437 g/mol. The van der Waals surface area contributed by atoms with E-state index in [2.05, 4.69) is 34.3 Å². The van der Waals surface area contributed by atoms with E-state index < -0.39 is 0 Å². The molecular weight excluding hydrogens is 374 g/mol. The summed E-state index contributed by atoms with van der Waals surface area (Å²) in [6.45, 7) is 18.8. The van der Waals surface area contributed by atoms with Crippen molar-refractivity contribution in [2.45, 2.75) is 156 Å². The molecule has 0 aliphatic carbocycles. The summed E-state index contributed by atoms with van der Waals surface area (Å²) in [4.78, 5) is 0. The second-order valence-corrected chi connectivity index (χ2v) is 10.6. The molecule has 0 rings (SSSR count). The van der Waals surface area contributed by atoms with Crippen LogP contribution < -0.4 is 0 Å². The molecule has 0 N–H and O–H groups in total. The second kappa shape index (κ2) is 22.9. The summed E-state index contributed by atoms with van der Waals surface area (Å²) in [6, 6.07) is 0. The van der Waals surface area contributed by atoms with Crippen LogP contribution in [0.1, 0.15) is 156 Å². The van der Waals surface area contributed by atoms with E-state index in [9.17, 15) is 0 Å². The largest absolute Gasteiger partial charge is 0.320 e. The van der Waals surface area contributed by atoms with E-state index >= 15 is 0 Å². The van der Waals surface area contributed by atoms with Crippen LogP contribution in [0, 0.1) is 0 Å². The van der Waals surface area contributed by atoms with Crippen molar-refractivity contribution in [1.29, 1.82) is 0 Å². The molecule has 0 spiro atoms. The first-order valence-electron chi connectivity index (χ1n) is 14.6. The van der Waals surface area contributed by atoms with Crippen LogP contribution in [0.4, 0.5) is 0 Å². The van der Waals surface area contributed by atoms with Gasteiger partial charge in [0.1, 0.15) is 0 Å². The van der Waals surface area contributed by atoms with Gasteiger partial charge in [-0.1, -0.05) is 130 Å². The van der Waals surface area contributed by atoms with Crippen molar-refractivity contribution in [2.24, 2.45) is 0 Å². The van der Waals surface area contributed by atoms with Gasteiger partial charge in [-0.05, 0) is 38.2 Å². The van der Waals surface area contributed by atoms with Gasteiger partial charge in [0.05, 0.1) is 26.2 Å². The van der Waals surface area contributed by atoms with E-state index in [1.165, 1.54) is 165 Å². The number of hydrogen-bond donors (Lipinski definition) is 0. The van der Waals surface area contributed by atoms with Gasteiger partial charge in [-0.3, -0.25) is 0 Å². The fourth-order valence-electron chi connectivity index (χ4n) is 5.13. The van der Waals surface area contributed by atoms with Crippen molar-refractivity contribution in [3.8, 4) is 0 Å². The van der Waals surface area contributed by atoms with Gasteiger partial charge in [-0.25, -0.2) is 0 Å². The molecule has 0 unspecified atom stereocenters. The Balaban J connectivity index is 3.74. The Bertz CT molecular complexity index is 365. The standard InChI is InChI=1S/C30H62N/c1-6-9-12-13-14-15-16-17-18-19-20-21-22-23-24-25-28-31(26-10-7-2,27-11-8-3)29-30(4)5/h4,6-29H2,1-3,5H3/q+1. The van der Waals surface area contributed by atoms with Gasteiger partial charge in [-0.2, -0.15) is 0 Å². The van der Waals surface area contributed by atoms with Gasteiger partial charge in [0.2, 0.25) is 0 Å². The van der Waals surface area contributed by atoms with Crippen molar-refractivity contribution in [2.75, 3.05) is 26.2 Å². The maximum atomic E-state index is 4.26.